The van der Waals surface area contributed by atoms with Crippen LogP contribution in [0.25, 0.3) is 11.0 Å². The lowest BCUT2D eigenvalue weighted by Gasteiger charge is -2.46. The standard InChI is InChI=1S/C23H26N4O5/c1-22(2,3)32-21(29)27-13-23(30,14-27)18-11-25-19-17(18)9-16(10-24-19)26-20(28)31-12-15-7-5-4-6-8-15/h4-11,30H,12-14H2,1-3H3,(H,24,25)(H,26,28). The number of fused-ring (bicyclic) bond motifs is 1. The maximum atomic E-state index is 12.2. The highest BCUT2D eigenvalue weighted by Crippen LogP contribution is 2.37. The maximum absolute atomic E-state index is 12.2. The first-order valence-corrected chi connectivity index (χ1v) is 10.3. The SMILES string of the molecule is CC(C)(C)OC(=O)N1CC(O)(c2c[nH]c3ncc(NC(=O)OCc4ccccc4)cc23)C1. The van der Waals surface area contributed by atoms with Gasteiger partial charge in [-0.15, -0.1) is 0 Å². The Labute approximate surface area is 185 Å². The zero-order valence-electron chi connectivity index (χ0n) is 18.2. The molecule has 0 bridgehead atoms. The first-order chi connectivity index (χ1) is 15.1. The number of ether oxygens (including phenoxy) is 2. The first-order valence-electron chi connectivity index (χ1n) is 10.3. The monoisotopic (exact) mass is 438 g/mol. The van der Waals surface area contributed by atoms with Crippen LogP contribution in [0.15, 0.2) is 48.8 Å². The Bertz CT molecular complexity index is 1130. The molecule has 0 atom stereocenters. The highest BCUT2D eigenvalue weighted by Gasteiger charge is 2.47. The second-order valence-electron chi connectivity index (χ2n) is 8.88. The van der Waals surface area contributed by atoms with Gasteiger partial charge >= 0.3 is 12.2 Å². The van der Waals surface area contributed by atoms with Crippen molar-refractivity contribution in [3.05, 3.63) is 59.9 Å². The zero-order valence-corrected chi connectivity index (χ0v) is 18.2. The van der Waals surface area contributed by atoms with Crippen molar-refractivity contribution in [2.45, 2.75) is 38.6 Å². The summed E-state index contributed by atoms with van der Waals surface area (Å²) < 4.78 is 10.6. The molecule has 0 aliphatic carbocycles. The Morgan fingerprint density at radius 3 is 2.66 bits per heavy atom. The van der Waals surface area contributed by atoms with Gasteiger partial charge in [0.05, 0.1) is 25.0 Å². The third kappa shape index (κ3) is 4.67. The molecule has 0 unspecified atom stereocenters. The Morgan fingerprint density at radius 2 is 1.97 bits per heavy atom. The summed E-state index contributed by atoms with van der Waals surface area (Å²) in [6.45, 7) is 5.74. The van der Waals surface area contributed by atoms with Crippen LogP contribution in [0.2, 0.25) is 0 Å². The molecule has 1 aliphatic heterocycles. The second-order valence-corrected chi connectivity index (χ2v) is 8.88. The Kier molecular flexibility index (Phi) is 5.52. The van der Waals surface area contributed by atoms with Gasteiger partial charge in [0.25, 0.3) is 0 Å². The van der Waals surface area contributed by atoms with Crippen molar-refractivity contribution >= 4 is 28.9 Å². The lowest BCUT2D eigenvalue weighted by atomic mass is 9.86. The maximum Gasteiger partial charge on any atom is 0.412 e. The van der Waals surface area contributed by atoms with Gasteiger partial charge in [-0.3, -0.25) is 5.32 Å². The van der Waals surface area contributed by atoms with Gasteiger partial charge in [-0.05, 0) is 32.4 Å². The number of aromatic nitrogens is 2. The molecule has 2 aromatic heterocycles. The lowest BCUT2D eigenvalue weighted by molar-refractivity contribution is -0.102. The number of H-pyrrole nitrogens is 1. The number of likely N-dealkylation sites (tertiary alicyclic amines) is 1. The molecular formula is C23H26N4O5. The molecule has 2 amide bonds. The van der Waals surface area contributed by atoms with Crippen LogP contribution in [0.5, 0.6) is 0 Å². The molecule has 3 heterocycles. The third-order valence-corrected chi connectivity index (χ3v) is 5.05. The molecule has 1 aromatic carbocycles. The molecule has 1 saturated heterocycles. The summed E-state index contributed by atoms with van der Waals surface area (Å²) in [4.78, 5) is 33.2. The number of pyridine rings is 1. The summed E-state index contributed by atoms with van der Waals surface area (Å²) in [5.74, 6) is 0. The average molecular weight is 438 g/mol. The molecule has 9 heteroatoms. The number of β-amino-alcohol motifs (C(OH)–C–C–N with tert-alkyl or cyclic N) is 1. The van der Waals surface area contributed by atoms with E-state index in [1.807, 2.05) is 30.3 Å². The molecular weight excluding hydrogens is 412 g/mol. The van der Waals surface area contributed by atoms with Crippen LogP contribution in [0.3, 0.4) is 0 Å². The van der Waals surface area contributed by atoms with Crippen LogP contribution in [0.4, 0.5) is 15.3 Å². The zero-order chi connectivity index (χ0) is 22.9. The third-order valence-electron chi connectivity index (χ3n) is 5.05. The van der Waals surface area contributed by atoms with E-state index < -0.39 is 23.4 Å². The van der Waals surface area contributed by atoms with Crippen LogP contribution in [-0.2, 0) is 21.7 Å². The van der Waals surface area contributed by atoms with Gasteiger partial charge in [0.2, 0.25) is 0 Å². The smallest absolute Gasteiger partial charge is 0.412 e. The molecule has 3 aromatic rings. The number of hydrogen-bond acceptors (Lipinski definition) is 6. The number of nitrogens with one attached hydrogen (secondary N) is 2. The quantitative estimate of drug-likeness (QED) is 0.571. The van der Waals surface area contributed by atoms with Crippen LogP contribution < -0.4 is 5.32 Å². The van der Waals surface area contributed by atoms with E-state index in [9.17, 15) is 14.7 Å². The summed E-state index contributed by atoms with van der Waals surface area (Å²) in [7, 11) is 0. The predicted octanol–water partition coefficient (Wildman–Crippen LogP) is 3.75. The van der Waals surface area contributed by atoms with Crippen LogP contribution >= 0.6 is 0 Å². The van der Waals surface area contributed by atoms with Gasteiger partial charge in [-0.2, -0.15) is 0 Å². The van der Waals surface area contributed by atoms with Crippen LogP contribution in [-0.4, -0.2) is 50.9 Å². The van der Waals surface area contributed by atoms with Crippen molar-refractivity contribution in [3.8, 4) is 0 Å². The van der Waals surface area contributed by atoms with Gasteiger partial charge in [0, 0.05) is 17.1 Å². The van der Waals surface area contributed by atoms with Gasteiger partial charge in [0.1, 0.15) is 23.5 Å². The number of benzene rings is 1. The molecule has 0 spiro atoms. The lowest BCUT2D eigenvalue weighted by Crippen LogP contribution is -2.61. The van der Waals surface area contributed by atoms with Crippen molar-refractivity contribution in [1.29, 1.82) is 0 Å². The first kappa shape index (κ1) is 21.6. The fourth-order valence-electron chi connectivity index (χ4n) is 3.54. The highest BCUT2D eigenvalue weighted by molar-refractivity contribution is 5.90. The molecule has 168 valence electrons. The highest BCUT2D eigenvalue weighted by atomic mass is 16.6. The van der Waals surface area contributed by atoms with E-state index >= 15 is 0 Å². The summed E-state index contributed by atoms with van der Waals surface area (Å²) in [5.41, 5.74) is 0.636. The average Bonchev–Trinajstić information content (AvgIpc) is 3.13. The van der Waals surface area contributed by atoms with Crippen molar-refractivity contribution in [3.63, 3.8) is 0 Å². The number of nitrogens with zero attached hydrogens (tertiary/aromatic N) is 2. The van der Waals surface area contributed by atoms with Crippen molar-refractivity contribution < 1.29 is 24.2 Å². The molecule has 4 rings (SSSR count). The minimum absolute atomic E-state index is 0.103. The number of carbonyl (C=O) groups is 2. The van der Waals surface area contributed by atoms with Crippen molar-refractivity contribution in [2.75, 3.05) is 18.4 Å². The number of aliphatic hydroxyl groups is 1. The van der Waals surface area contributed by atoms with E-state index in [0.29, 0.717) is 22.3 Å². The summed E-state index contributed by atoms with van der Waals surface area (Å²) in [5, 5.41) is 14.4. The van der Waals surface area contributed by atoms with Gasteiger partial charge < -0.3 is 24.5 Å². The van der Waals surface area contributed by atoms with E-state index in [-0.39, 0.29) is 19.7 Å². The topological polar surface area (TPSA) is 117 Å². The molecule has 1 fully saturated rings. The van der Waals surface area contributed by atoms with Crippen molar-refractivity contribution in [1.82, 2.24) is 14.9 Å². The largest absolute Gasteiger partial charge is 0.444 e. The Balaban J connectivity index is 1.43. The summed E-state index contributed by atoms with van der Waals surface area (Å²) in [6, 6.07) is 11.1. The Hall–Kier alpha value is -3.59. The minimum atomic E-state index is -1.23. The number of rotatable bonds is 4. The number of carbonyl (C=O) groups excluding carboxylic acids is 2. The number of aromatic amines is 1. The normalized spacial score (nSPS) is 15.2. The van der Waals surface area contributed by atoms with E-state index in [1.54, 1.807) is 33.0 Å². The fourth-order valence-corrected chi connectivity index (χ4v) is 3.54. The minimum Gasteiger partial charge on any atom is -0.444 e. The van der Waals surface area contributed by atoms with Gasteiger partial charge in [0.15, 0.2) is 0 Å². The number of hydrogen-bond donors (Lipinski definition) is 3. The fraction of sp³-hybridized carbons (Fsp3) is 0.348. The van der Waals surface area contributed by atoms with Crippen molar-refractivity contribution in [2.24, 2.45) is 0 Å². The Morgan fingerprint density at radius 1 is 1.25 bits per heavy atom. The van der Waals surface area contributed by atoms with Gasteiger partial charge in [-0.25, -0.2) is 14.6 Å². The van der Waals surface area contributed by atoms with E-state index in [2.05, 4.69) is 15.3 Å². The molecule has 0 saturated carbocycles. The number of amides is 2. The van der Waals surface area contributed by atoms with Crippen LogP contribution in [0, 0.1) is 0 Å². The van der Waals surface area contributed by atoms with Crippen LogP contribution in [0.1, 0.15) is 31.9 Å². The molecule has 1 aliphatic rings. The molecule has 32 heavy (non-hydrogen) atoms. The molecule has 9 nitrogen and oxygen atoms in total. The number of anilines is 1. The predicted molar refractivity (Wildman–Crippen MR) is 118 cm³/mol. The summed E-state index contributed by atoms with van der Waals surface area (Å²) >= 11 is 0. The summed E-state index contributed by atoms with van der Waals surface area (Å²) in [6.07, 6.45) is 2.10. The van der Waals surface area contributed by atoms with E-state index in [4.69, 9.17) is 9.47 Å². The van der Waals surface area contributed by atoms with E-state index in [0.717, 1.165) is 5.56 Å². The second kappa shape index (κ2) is 8.16. The van der Waals surface area contributed by atoms with Gasteiger partial charge in [-0.1, -0.05) is 30.3 Å². The van der Waals surface area contributed by atoms with E-state index in [1.165, 1.54) is 11.1 Å². The molecule has 0 radical (unpaired) electrons. The molecule has 3 N–H and O–H groups in total.